The second-order valence-corrected chi connectivity index (χ2v) is 28.8. The Morgan fingerprint density at radius 3 is 0.938 bits per heavy atom. The number of hydrogen-bond donors (Lipinski definition) is 0. The van der Waals surface area contributed by atoms with Crippen LogP contribution >= 0.6 is 0 Å². The van der Waals surface area contributed by atoms with Crippen LogP contribution in [0.4, 0.5) is 0 Å². The Kier molecular flexibility index (Phi) is 9.62. The summed E-state index contributed by atoms with van der Waals surface area (Å²) in [4.78, 5) is 3.10. The zero-order chi connectivity index (χ0) is 23.8. The van der Waals surface area contributed by atoms with Gasteiger partial charge in [-0.2, -0.15) is 0 Å². The standard InChI is InChI=1S/3C10H19.CH3.Sn/c3*1-8(2)10-6-4-9(3)5-7-10;;/h3*6,8-10H,4-5,7H2,1-3H3;1H3;. The monoisotopic (exact) mass is 552 g/mol. The first kappa shape index (κ1) is 27.4. The van der Waals surface area contributed by atoms with Crippen LogP contribution in [-0.4, -0.2) is 18.4 Å². The van der Waals surface area contributed by atoms with Crippen LogP contribution in [0.1, 0.15) is 120 Å². The van der Waals surface area contributed by atoms with Gasteiger partial charge in [0.2, 0.25) is 0 Å². The fourth-order valence-corrected chi connectivity index (χ4v) is 34.7. The van der Waals surface area contributed by atoms with Gasteiger partial charge in [0.15, 0.2) is 0 Å². The molecule has 188 valence electrons. The fraction of sp³-hybridized carbons (Fsp3) is 1.00. The Balaban J connectivity index is 2.14. The zero-order valence-corrected chi connectivity index (χ0v) is 26.6. The van der Waals surface area contributed by atoms with E-state index in [0.29, 0.717) is 0 Å². The van der Waals surface area contributed by atoms with E-state index in [-0.39, 0.29) is 0 Å². The van der Waals surface area contributed by atoms with E-state index < -0.39 is 18.4 Å². The van der Waals surface area contributed by atoms with E-state index in [1.54, 1.807) is 38.5 Å². The summed E-state index contributed by atoms with van der Waals surface area (Å²) in [7, 11) is 0. The average molecular weight is 552 g/mol. The van der Waals surface area contributed by atoms with Crippen LogP contribution in [0.5, 0.6) is 0 Å². The molecule has 3 saturated carbocycles. The summed E-state index contributed by atoms with van der Waals surface area (Å²) in [5.74, 6) is 8.68. The van der Waals surface area contributed by atoms with Crippen LogP contribution in [0.25, 0.3) is 0 Å². The normalized spacial score (nSPS) is 43.6. The molecule has 0 aromatic carbocycles. The fourth-order valence-electron chi connectivity index (χ4n) is 9.58. The Bertz CT molecular complexity index is 498. The van der Waals surface area contributed by atoms with Gasteiger partial charge >= 0.3 is 208 Å². The molecule has 3 rings (SSSR count). The number of rotatable bonds is 6. The van der Waals surface area contributed by atoms with Gasteiger partial charge in [0.25, 0.3) is 0 Å². The average Bonchev–Trinajstić information content (AvgIpc) is 2.72. The molecule has 9 unspecified atom stereocenters. The summed E-state index contributed by atoms with van der Waals surface area (Å²) in [6.45, 7) is 23.4. The molecule has 0 aromatic rings. The van der Waals surface area contributed by atoms with E-state index >= 15 is 0 Å². The second kappa shape index (κ2) is 11.2. The van der Waals surface area contributed by atoms with Gasteiger partial charge in [-0.1, -0.05) is 0 Å². The molecule has 0 radical (unpaired) electrons. The Morgan fingerprint density at radius 2 is 0.719 bits per heavy atom. The molecule has 1 heteroatoms. The van der Waals surface area contributed by atoms with Gasteiger partial charge in [0, 0.05) is 0 Å². The molecule has 0 spiro atoms. The maximum atomic E-state index is 3.10. The van der Waals surface area contributed by atoms with Crippen LogP contribution in [0.3, 0.4) is 0 Å². The third kappa shape index (κ3) is 5.61. The molecule has 3 aliphatic rings. The molecule has 32 heavy (non-hydrogen) atoms. The van der Waals surface area contributed by atoms with Gasteiger partial charge in [-0.25, -0.2) is 0 Å². The maximum absolute atomic E-state index is 3.10. The molecule has 3 aliphatic carbocycles. The molecule has 0 N–H and O–H groups in total. The Hall–Kier alpha value is 0.799. The van der Waals surface area contributed by atoms with Gasteiger partial charge in [-0.3, -0.25) is 0 Å². The van der Waals surface area contributed by atoms with Crippen molar-refractivity contribution in [3.05, 3.63) is 0 Å². The van der Waals surface area contributed by atoms with E-state index in [2.05, 4.69) is 67.3 Å². The quantitative estimate of drug-likeness (QED) is 0.288. The van der Waals surface area contributed by atoms with Crippen molar-refractivity contribution in [2.75, 3.05) is 0 Å². The van der Waals surface area contributed by atoms with E-state index in [9.17, 15) is 0 Å². The van der Waals surface area contributed by atoms with E-state index in [1.165, 1.54) is 19.3 Å². The Morgan fingerprint density at radius 1 is 0.469 bits per heavy atom. The van der Waals surface area contributed by atoms with Crippen LogP contribution in [0.2, 0.25) is 16.7 Å². The molecule has 9 atom stereocenters. The molecule has 0 bridgehead atoms. The summed E-state index contributed by atoms with van der Waals surface area (Å²) in [6, 6.07) is 0. The molecule has 0 nitrogen and oxygen atoms in total. The minimum atomic E-state index is -2.60. The van der Waals surface area contributed by atoms with Gasteiger partial charge < -0.3 is 0 Å². The third-order valence-electron chi connectivity index (χ3n) is 11.5. The van der Waals surface area contributed by atoms with E-state index in [4.69, 9.17) is 0 Å². The summed E-state index contributed by atoms with van der Waals surface area (Å²) in [6.07, 6.45) is 13.9. The molecule has 0 heterocycles. The molecule has 3 fully saturated rings. The summed E-state index contributed by atoms with van der Waals surface area (Å²) >= 11 is -2.60. The first-order valence-electron chi connectivity index (χ1n) is 15.0. The third-order valence-corrected chi connectivity index (χ3v) is 30.8. The van der Waals surface area contributed by atoms with Crippen molar-refractivity contribution in [1.29, 1.82) is 0 Å². The topological polar surface area (TPSA) is 0 Å². The molecule has 0 aromatic heterocycles. The van der Waals surface area contributed by atoms with Crippen LogP contribution in [-0.2, 0) is 0 Å². The van der Waals surface area contributed by atoms with Gasteiger partial charge in [0.05, 0.1) is 0 Å². The van der Waals surface area contributed by atoms with Crippen molar-refractivity contribution < 1.29 is 0 Å². The van der Waals surface area contributed by atoms with Crippen molar-refractivity contribution in [2.45, 2.75) is 137 Å². The molecule has 0 saturated heterocycles. The molecular formula is C31H60Sn. The van der Waals surface area contributed by atoms with E-state index in [0.717, 1.165) is 65.1 Å². The van der Waals surface area contributed by atoms with Crippen molar-refractivity contribution in [1.82, 2.24) is 0 Å². The van der Waals surface area contributed by atoms with Gasteiger partial charge in [-0.05, 0) is 0 Å². The first-order valence-corrected chi connectivity index (χ1v) is 22.8. The first-order chi connectivity index (χ1) is 15.0. The summed E-state index contributed by atoms with van der Waals surface area (Å²) in [5, 5.41) is 0. The second-order valence-electron chi connectivity index (χ2n) is 14.7. The minimum absolute atomic E-state index is 0.889. The summed E-state index contributed by atoms with van der Waals surface area (Å²) in [5.41, 5.74) is 0. The van der Waals surface area contributed by atoms with Crippen molar-refractivity contribution in [2.24, 2.45) is 53.3 Å². The van der Waals surface area contributed by atoms with Crippen molar-refractivity contribution >= 4 is 18.4 Å². The van der Waals surface area contributed by atoms with Crippen molar-refractivity contribution in [3.63, 3.8) is 0 Å². The van der Waals surface area contributed by atoms with Crippen molar-refractivity contribution in [3.8, 4) is 0 Å². The van der Waals surface area contributed by atoms with Crippen LogP contribution < -0.4 is 0 Å². The van der Waals surface area contributed by atoms with Gasteiger partial charge in [-0.15, -0.1) is 0 Å². The van der Waals surface area contributed by atoms with Crippen LogP contribution in [0.15, 0.2) is 0 Å². The predicted molar refractivity (Wildman–Crippen MR) is 147 cm³/mol. The molecule has 0 aliphatic heterocycles. The Labute approximate surface area is 207 Å². The number of hydrogen-bond acceptors (Lipinski definition) is 0. The zero-order valence-electron chi connectivity index (χ0n) is 23.8. The van der Waals surface area contributed by atoms with Crippen LogP contribution in [0, 0.1) is 53.3 Å². The molecule has 0 amide bonds. The van der Waals surface area contributed by atoms with E-state index in [1.807, 2.05) is 0 Å². The molecular weight excluding hydrogens is 491 g/mol. The van der Waals surface area contributed by atoms with Gasteiger partial charge in [0.1, 0.15) is 0 Å². The summed E-state index contributed by atoms with van der Waals surface area (Å²) < 4.78 is 3.42. The SMILES string of the molecule is CC1CCC(C(C)C)[CH]([Sn]([CH3])([CH]2CC(C)CCC2C(C)C)[CH]2CC(C)CCC2C(C)C)C1. The predicted octanol–water partition coefficient (Wildman–Crippen LogP) is 10.5.